The number of halogens is 1. The average molecular weight is 340 g/mol. The van der Waals surface area contributed by atoms with Crippen LogP contribution in [0.1, 0.15) is 35.7 Å². The number of nitrogen functional groups attached to an aromatic ring is 1. The van der Waals surface area contributed by atoms with E-state index in [0.717, 1.165) is 23.1 Å². The van der Waals surface area contributed by atoms with Crippen molar-refractivity contribution in [1.82, 2.24) is 10.2 Å². The van der Waals surface area contributed by atoms with Gasteiger partial charge in [-0.05, 0) is 57.5 Å². The molecule has 0 bridgehead atoms. The SMILES string of the molecule is Cc1c(N)cc(Br)cc1C(=O)NCC(C)N1CCCC1. The number of rotatable bonds is 4. The largest absolute Gasteiger partial charge is 0.398 e. The van der Waals surface area contributed by atoms with E-state index < -0.39 is 0 Å². The molecule has 1 aliphatic heterocycles. The van der Waals surface area contributed by atoms with Crippen LogP contribution in [-0.4, -0.2) is 36.5 Å². The predicted molar refractivity (Wildman–Crippen MR) is 85.9 cm³/mol. The summed E-state index contributed by atoms with van der Waals surface area (Å²) < 4.78 is 0.832. The van der Waals surface area contributed by atoms with Crippen LogP contribution in [0.5, 0.6) is 0 Å². The van der Waals surface area contributed by atoms with E-state index in [1.54, 1.807) is 0 Å². The van der Waals surface area contributed by atoms with Crippen molar-refractivity contribution >= 4 is 27.5 Å². The Bertz CT molecular complexity index is 498. The van der Waals surface area contributed by atoms with E-state index in [4.69, 9.17) is 5.73 Å². The monoisotopic (exact) mass is 339 g/mol. The molecular weight excluding hydrogens is 318 g/mol. The molecule has 110 valence electrons. The minimum Gasteiger partial charge on any atom is -0.398 e. The predicted octanol–water partition coefficient (Wildman–Crippen LogP) is 2.55. The summed E-state index contributed by atoms with van der Waals surface area (Å²) in [6.45, 7) is 6.98. The summed E-state index contributed by atoms with van der Waals surface area (Å²) in [5.74, 6) is -0.0541. The summed E-state index contributed by atoms with van der Waals surface area (Å²) in [5, 5.41) is 3.01. The van der Waals surface area contributed by atoms with Gasteiger partial charge in [0.05, 0.1) is 0 Å². The third-order valence-corrected chi connectivity index (χ3v) is 4.44. The van der Waals surface area contributed by atoms with Gasteiger partial charge in [0.15, 0.2) is 0 Å². The second kappa shape index (κ2) is 6.59. The molecule has 0 spiro atoms. The Kier molecular flexibility index (Phi) is 5.05. The summed E-state index contributed by atoms with van der Waals surface area (Å²) in [7, 11) is 0. The maximum atomic E-state index is 12.3. The van der Waals surface area contributed by atoms with Gasteiger partial charge in [0.25, 0.3) is 5.91 Å². The third kappa shape index (κ3) is 3.52. The molecule has 1 heterocycles. The molecule has 1 aliphatic rings. The second-order valence-electron chi connectivity index (χ2n) is 5.47. The van der Waals surface area contributed by atoms with Crippen LogP contribution in [0, 0.1) is 6.92 Å². The number of benzene rings is 1. The zero-order chi connectivity index (χ0) is 14.7. The number of hydrogen-bond acceptors (Lipinski definition) is 3. The molecule has 0 aliphatic carbocycles. The van der Waals surface area contributed by atoms with Gasteiger partial charge in [-0.3, -0.25) is 9.69 Å². The third-order valence-electron chi connectivity index (χ3n) is 3.98. The Morgan fingerprint density at radius 1 is 1.45 bits per heavy atom. The lowest BCUT2D eigenvalue weighted by molar-refractivity contribution is 0.0939. The van der Waals surface area contributed by atoms with Gasteiger partial charge in [-0.15, -0.1) is 0 Å². The fraction of sp³-hybridized carbons (Fsp3) is 0.533. The highest BCUT2D eigenvalue weighted by Gasteiger charge is 2.19. The Morgan fingerprint density at radius 2 is 2.10 bits per heavy atom. The Morgan fingerprint density at radius 3 is 2.75 bits per heavy atom. The molecule has 0 saturated carbocycles. The van der Waals surface area contributed by atoms with E-state index >= 15 is 0 Å². The van der Waals surface area contributed by atoms with Crippen LogP contribution in [-0.2, 0) is 0 Å². The van der Waals surface area contributed by atoms with Crippen molar-refractivity contribution in [3.05, 3.63) is 27.7 Å². The summed E-state index contributed by atoms with van der Waals surface area (Å²) in [4.78, 5) is 14.7. The lowest BCUT2D eigenvalue weighted by Gasteiger charge is -2.24. The number of nitrogens with zero attached hydrogens (tertiary/aromatic N) is 1. The van der Waals surface area contributed by atoms with Crippen LogP contribution in [0.2, 0.25) is 0 Å². The number of carbonyl (C=O) groups excluding carboxylic acids is 1. The van der Waals surface area contributed by atoms with E-state index in [2.05, 4.69) is 33.1 Å². The zero-order valence-electron chi connectivity index (χ0n) is 12.1. The first-order valence-electron chi connectivity index (χ1n) is 7.07. The number of nitrogens with one attached hydrogen (secondary N) is 1. The highest BCUT2D eigenvalue weighted by molar-refractivity contribution is 9.10. The first kappa shape index (κ1) is 15.3. The van der Waals surface area contributed by atoms with Gasteiger partial charge < -0.3 is 11.1 Å². The van der Waals surface area contributed by atoms with Crippen LogP contribution < -0.4 is 11.1 Å². The number of anilines is 1. The molecule has 3 N–H and O–H groups in total. The van der Waals surface area contributed by atoms with Crippen molar-refractivity contribution in [1.29, 1.82) is 0 Å². The zero-order valence-corrected chi connectivity index (χ0v) is 13.7. The Labute approximate surface area is 128 Å². The maximum Gasteiger partial charge on any atom is 0.251 e. The van der Waals surface area contributed by atoms with Crippen molar-refractivity contribution in [3.8, 4) is 0 Å². The van der Waals surface area contributed by atoms with E-state index in [0.29, 0.717) is 23.8 Å². The summed E-state index contributed by atoms with van der Waals surface area (Å²) in [5.41, 5.74) is 8.01. The average Bonchev–Trinajstić information content (AvgIpc) is 2.93. The van der Waals surface area contributed by atoms with Crippen LogP contribution in [0.25, 0.3) is 0 Å². The molecule has 1 unspecified atom stereocenters. The van der Waals surface area contributed by atoms with Crippen LogP contribution in [0.4, 0.5) is 5.69 Å². The molecule has 0 aromatic heterocycles. The van der Waals surface area contributed by atoms with E-state index in [1.807, 2.05) is 19.1 Å². The smallest absolute Gasteiger partial charge is 0.251 e. The molecule has 1 fully saturated rings. The number of carbonyl (C=O) groups is 1. The molecule has 0 radical (unpaired) electrons. The highest BCUT2D eigenvalue weighted by atomic mass is 79.9. The maximum absolute atomic E-state index is 12.3. The Balaban J connectivity index is 1.98. The topological polar surface area (TPSA) is 58.4 Å². The van der Waals surface area contributed by atoms with Crippen molar-refractivity contribution in [2.75, 3.05) is 25.4 Å². The number of likely N-dealkylation sites (tertiary alicyclic amines) is 1. The second-order valence-corrected chi connectivity index (χ2v) is 6.39. The lowest BCUT2D eigenvalue weighted by atomic mass is 10.1. The molecule has 1 amide bonds. The highest BCUT2D eigenvalue weighted by Crippen LogP contribution is 2.22. The normalized spacial score (nSPS) is 17.1. The van der Waals surface area contributed by atoms with Gasteiger partial charge in [-0.1, -0.05) is 15.9 Å². The van der Waals surface area contributed by atoms with E-state index in [1.165, 1.54) is 12.8 Å². The molecule has 1 aromatic carbocycles. The number of amides is 1. The minimum atomic E-state index is -0.0541. The quantitative estimate of drug-likeness (QED) is 0.829. The fourth-order valence-electron chi connectivity index (χ4n) is 2.58. The van der Waals surface area contributed by atoms with Gasteiger partial charge in [0.2, 0.25) is 0 Å². The molecule has 2 rings (SSSR count). The minimum absolute atomic E-state index is 0.0541. The van der Waals surface area contributed by atoms with Crippen LogP contribution in [0.3, 0.4) is 0 Å². The standard InChI is InChI=1S/C15H22BrN3O/c1-10(19-5-3-4-6-19)9-18-15(20)13-7-12(16)8-14(17)11(13)2/h7-8,10H,3-6,9,17H2,1-2H3,(H,18,20). The van der Waals surface area contributed by atoms with Crippen LogP contribution >= 0.6 is 15.9 Å². The first-order chi connectivity index (χ1) is 9.49. The molecule has 1 aromatic rings. The van der Waals surface area contributed by atoms with E-state index in [9.17, 15) is 4.79 Å². The van der Waals surface area contributed by atoms with Gasteiger partial charge in [-0.25, -0.2) is 0 Å². The van der Waals surface area contributed by atoms with Gasteiger partial charge in [-0.2, -0.15) is 0 Å². The lowest BCUT2D eigenvalue weighted by Crippen LogP contribution is -2.40. The van der Waals surface area contributed by atoms with Gasteiger partial charge >= 0.3 is 0 Å². The van der Waals surface area contributed by atoms with Crippen molar-refractivity contribution in [2.24, 2.45) is 0 Å². The Hall–Kier alpha value is -1.07. The first-order valence-corrected chi connectivity index (χ1v) is 7.86. The summed E-state index contributed by atoms with van der Waals surface area (Å²) in [6.07, 6.45) is 2.53. The van der Waals surface area contributed by atoms with Gasteiger partial charge in [0, 0.05) is 28.3 Å². The molecule has 1 atom stereocenters. The van der Waals surface area contributed by atoms with Gasteiger partial charge in [0.1, 0.15) is 0 Å². The molecular formula is C15H22BrN3O. The van der Waals surface area contributed by atoms with Crippen molar-refractivity contribution in [2.45, 2.75) is 32.7 Å². The van der Waals surface area contributed by atoms with Crippen LogP contribution in [0.15, 0.2) is 16.6 Å². The van der Waals surface area contributed by atoms with Crippen molar-refractivity contribution < 1.29 is 4.79 Å². The van der Waals surface area contributed by atoms with Crippen molar-refractivity contribution in [3.63, 3.8) is 0 Å². The van der Waals surface area contributed by atoms with E-state index in [-0.39, 0.29) is 5.91 Å². The molecule has 5 heteroatoms. The molecule has 4 nitrogen and oxygen atoms in total. The molecule has 1 saturated heterocycles. The summed E-state index contributed by atoms with van der Waals surface area (Å²) in [6, 6.07) is 4.02. The number of nitrogens with two attached hydrogens (primary N) is 1. The fourth-order valence-corrected chi connectivity index (χ4v) is 3.06. The number of hydrogen-bond donors (Lipinski definition) is 2. The molecule has 20 heavy (non-hydrogen) atoms. The summed E-state index contributed by atoms with van der Waals surface area (Å²) >= 11 is 3.38.